The highest BCUT2D eigenvalue weighted by Gasteiger charge is 2.33. The van der Waals surface area contributed by atoms with Crippen molar-refractivity contribution in [3.8, 4) is 17.6 Å². The SMILES string of the molecule is CC#CC(=O)N(c1ccc(OC(F)F)cc1)C(C(=O)NC1CCCCC1)c1cccnc1. The maximum atomic E-state index is 13.4. The number of aromatic nitrogens is 1. The number of benzene rings is 1. The molecule has 1 saturated carbocycles. The van der Waals surface area contributed by atoms with Gasteiger partial charge in [0.15, 0.2) is 0 Å². The van der Waals surface area contributed by atoms with E-state index >= 15 is 0 Å². The second-order valence-electron chi connectivity index (χ2n) is 7.45. The van der Waals surface area contributed by atoms with E-state index in [0.29, 0.717) is 11.3 Å². The van der Waals surface area contributed by atoms with Crippen molar-refractivity contribution in [2.75, 3.05) is 4.90 Å². The predicted octanol–water partition coefficient (Wildman–Crippen LogP) is 4.23. The fourth-order valence-electron chi connectivity index (χ4n) is 3.82. The number of amides is 2. The summed E-state index contributed by atoms with van der Waals surface area (Å²) in [4.78, 5) is 31.8. The minimum atomic E-state index is -2.96. The first-order valence-corrected chi connectivity index (χ1v) is 10.5. The van der Waals surface area contributed by atoms with Crippen molar-refractivity contribution in [3.05, 3.63) is 54.4 Å². The summed E-state index contributed by atoms with van der Waals surface area (Å²) >= 11 is 0. The number of rotatable bonds is 7. The highest BCUT2D eigenvalue weighted by molar-refractivity contribution is 6.10. The number of alkyl halides is 2. The first-order valence-electron chi connectivity index (χ1n) is 10.5. The van der Waals surface area contributed by atoms with Gasteiger partial charge in [0.1, 0.15) is 11.8 Å². The van der Waals surface area contributed by atoms with E-state index in [9.17, 15) is 18.4 Å². The molecule has 1 N–H and O–H groups in total. The van der Waals surface area contributed by atoms with Gasteiger partial charge < -0.3 is 10.1 Å². The summed E-state index contributed by atoms with van der Waals surface area (Å²) in [5, 5.41) is 3.07. The average Bonchev–Trinajstić information content (AvgIpc) is 2.79. The van der Waals surface area contributed by atoms with Gasteiger partial charge >= 0.3 is 12.5 Å². The topological polar surface area (TPSA) is 71.5 Å². The van der Waals surface area contributed by atoms with Crippen molar-refractivity contribution >= 4 is 17.5 Å². The first-order chi connectivity index (χ1) is 15.5. The van der Waals surface area contributed by atoms with Crippen LogP contribution in [0, 0.1) is 11.8 Å². The van der Waals surface area contributed by atoms with Crippen molar-refractivity contribution in [3.63, 3.8) is 0 Å². The van der Waals surface area contributed by atoms with E-state index in [4.69, 9.17) is 0 Å². The predicted molar refractivity (Wildman–Crippen MR) is 116 cm³/mol. The molecule has 2 aromatic rings. The molecule has 6 nitrogen and oxygen atoms in total. The Morgan fingerprint density at radius 2 is 1.88 bits per heavy atom. The number of ether oxygens (including phenoxy) is 1. The van der Waals surface area contributed by atoms with Gasteiger partial charge in [-0.15, -0.1) is 0 Å². The largest absolute Gasteiger partial charge is 0.435 e. The minimum Gasteiger partial charge on any atom is -0.435 e. The van der Waals surface area contributed by atoms with E-state index in [2.05, 4.69) is 26.9 Å². The van der Waals surface area contributed by atoms with Gasteiger partial charge in [-0.2, -0.15) is 8.78 Å². The van der Waals surface area contributed by atoms with E-state index in [1.165, 1.54) is 42.3 Å². The molecule has 3 rings (SSSR count). The molecule has 8 heteroatoms. The molecule has 0 saturated heterocycles. The van der Waals surface area contributed by atoms with E-state index in [-0.39, 0.29) is 17.7 Å². The molecule has 168 valence electrons. The van der Waals surface area contributed by atoms with Crippen molar-refractivity contribution in [2.45, 2.75) is 57.7 Å². The standard InChI is InChI=1S/C24H25F2N3O3/c1-2-7-21(30)29(19-11-13-20(14-12-19)32-24(25)26)22(17-8-6-15-27-16-17)23(31)28-18-9-4-3-5-10-18/h6,8,11-16,18,22,24H,3-5,9-10H2,1H3,(H,28,31). The molecule has 2 amide bonds. The monoisotopic (exact) mass is 441 g/mol. The van der Waals surface area contributed by atoms with E-state index < -0.39 is 18.6 Å². The number of carbonyl (C=O) groups is 2. The van der Waals surface area contributed by atoms with Crippen molar-refractivity contribution in [2.24, 2.45) is 0 Å². The number of anilines is 1. The van der Waals surface area contributed by atoms with E-state index in [1.807, 2.05) is 0 Å². The Bertz CT molecular complexity index is 965. The van der Waals surface area contributed by atoms with Gasteiger partial charge in [0.2, 0.25) is 5.91 Å². The summed E-state index contributed by atoms with van der Waals surface area (Å²) < 4.78 is 29.4. The number of nitrogens with zero attached hydrogens (tertiary/aromatic N) is 2. The van der Waals surface area contributed by atoms with Gasteiger partial charge in [0, 0.05) is 29.7 Å². The van der Waals surface area contributed by atoms with Crippen molar-refractivity contribution < 1.29 is 23.1 Å². The summed E-state index contributed by atoms with van der Waals surface area (Å²) in [7, 11) is 0. The summed E-state index contributed by atoms with van der Waals surface area (Å²) in [5.74, 6) is 4.06. The summed E-state index contributed by atoms with van der Waals surface area (Å²) in [6.45, 7) is -1.44. The third-order valence-corrected chi connectivity index (χ3v) is 5.25. The average molecular weight is 441 g/mol. The van der Waals surface area contributed by atoms with Crippen LogP contribution in [0.2, 0.25) is 0 Å². The minimum absolute atomic E-state index is 0.0338. The summed E-state index contributed by atoms with van der Waals surface area (Å²) in [5.41, 5.74) is 0.840. The van der Waals surface area contributed by atoms with Crippen LogP contribution in [0.3, 0.4) is 0 Å². The first kappa shape index (κ1) is 23.2. The maximum Gasteiger partial charge on any atom is 0.387 e. The Labute approximate surface area is 186 Å². The Kier molecular flexibility index (Phi) is 8.14. The Morgan fingerprint density at radius 1 is 1.16 bits per heavy atom. The highest BCUT2D eigenvalue weighted by atomic mass is 19.3. The zero-order valence-electron chi connectivity index (χ0n) is 17.8. The number of carbonyl (C=O) groups excluding carboxylic acids is 2. The van der Waals surface area contributed by atoms with Gasteiger partial charge in [0.05, 0.1) is 0 Å². The lowest BCUT2D eigenvalue weighted by molar-refractivity contribution is -0.125. The zero-order chi connectivity index (χ0) is 22.9. The Hall–Kier alpha value is -3.47. The molecule has 1 fully saturated rings. The Morgan fingerprint density at radius 3 is 2.47 bits per heavy atom. The Balaban J connectivity index is 1.99. The van der Waals surface area contributed by atoms with Crippen LogP contribution >= 0.6 is 0 Å². The molecular formula is C24H25F2N3O3. The summed E-state index contributed by atoms with van der Waals surface area (Å²) in [6, 6.07) is 7.94. The molecule has 1 aromatic heterocycles. The van der Waals surface area contributed by atoms with Crippen molar-refractivity contribution in [1.82, 2.24) is 10.3 Å². The fourth-order valence-corrected chi connectivity index (χ4v) is 3.82. The van der Waals surface area contributed by atoms with Crippen molar-refractivity contribution in [1.29, 1.82) is 0 Å². The van der Waals surface area contributed by atoms with Crippen LogP contribution in [0.5, 0.6) is 5.75 Å². The zero-order valence-corrected chi connectivity index (χ0v) is 17.8. The quantitative estimate of drug-likeness (QED) is 0.653. The van der Waals surface area contributed by atoms with E-state index in [0.717, 1.165) is 32.1 Å². The number of pyridine rings is 1. The second kappa shape index (κ2) is 11.2. The number of hydrogen-bond donors (Lipinski definition) is 1. The van der Waals surface area contributed by atoms with Gasteiger partial charge in [-0.05, 0) is 56.0 Å². The smallest absolute Gasteiger partial charge is 0.387 e. The third-order valence-electron chi connectivity index (χ3n) is 5.25. The van der Waals surface area contributed by atoms with Crippen LogP contribution in [0.4, 0.5) is 14.5 Å². The highest BCUT2D eigenvalue weighted by Crippen LogP contribution is 2.30. The lowest BCUT2D eigenvalue weighted by Crippen LogP contribution is -2.47. The lowest BCUT2D eigenvalue weighted by atomic mass is 9.94. The molecule has 0 bridgehead atoms. The third kappa shape index (κ3) is 6.03. The molecule has 32 heavy (non-hydrogen) atoms. The molecule has 0 aliphatic heterocycles. The van der Waals surface area contributed by atoms with Gasteiger partial charge in [-0.25, -0.2) is 0 Å². The van der Waals surface area contributed by atoms with Crippen LogP contribution in [0.1, 0.15) is 50.6 Å². The molecule has 1 aromatic carbocycles. The van der Waals surface area contributed by atoms with Gasteiger partial charge in [-0.3, -0.25) is 19.5 Å². The molecule has 1 aliphatic rings. The summed E-state index contributed by atoms with van der Waals surface area (Å²) in [6.07, 6.45) is 8.09. The number of hydrogen-bond acceptors (Lipinski definition) is 4. The number of halogens is 2. The molecule has 1 heterocycles. The van der Waals surface area contributed by atoms with Crippen LogP contribution in [-0.4, -0.2) is 29.5 Å². The van der Waals surface area contributed by atoms with Gasteiger partial charge in [0.25, 0.3) is 0 Å². The molecular weight excluding hydrogens is 416 g/mol. The van der Waals surface area contributed by atoms with Gasteiger partial charge in [-0.1, -0.05) is 31.2 Å². The molecule has 1 atom stereocenters. The van der Waals surface area contributed by atoms with E-state index in [1.54, 1.807) is 18.3 Å². The van der Waals surface area contributed by atoms with Crippen LogP contribution in [0.15, 0.2) is 48.8 Å². The van der Waals surface area contributed by atoms with Crippen LogP contribution in [-0.2, 0) is 9.59 Å². The second-order valence-corrected chi connectivity index (χ2v) is 7.45. The number of nitrogens with one attached hydrogen (secondary N) is 1. The lowest BCUT2D eigenvalue weighted by Gasteiger charge is -2.32. The maximum absolute atomic E-state index is 13.4. The molecule has 1 unspecified atom stereocenters. The normalized spacial score (nSPS) is 14.8. The van der Waals surface area contributed by atoms with Crippen LogP contribution < -0.4 is 15.0 Å². The fraction of sp³-hybridized carbons (Fsp3) is 0.375. The van der Waals surface area contributed by atoms with Crippen LogP contribution in [0.25, 0.3) is 0 Å². The molecule has 0 radical (unpaired) electrons. The molecule has 0 spiro atoms. The molecule has 1 aliphatic carbocycles.